The molecule has 8 heteroatoms. The standard InChI is InChI=1S/C15H22ClN5O2/c1-23-8-12(22)20-11-6-19-15-13(11)14(10(16)5-18-15)21-4-2-3-9(17)7-21/h6,9,18-19H,2-5,7-8,17H2,1H3,(H,20,22)/t9-/m1/s1. The Labute approximate surface area is 140 Å². The molecule has 3 heterocycles. The number of amides is 1. The van der Waals surface area contributed by atoms with Gasteiger partial charge in [0, 0.05) is 32.4 Å². The van der Waals surface area contributed by atoms with E-state index in [-0.39, 0.29) is 18.6 Å². The number of piperidine rings is 1. The van der Waals surface area contributed by atoms with E-state index in [1.54, 1.807) is 6.20 Å². The first-order valence-corrected chi connectivity index (χ1v) is 8.11. The van der Waals surface area contributed by atoms with E-state index in [4.69, 9.17) is 22.1 Å². The van der Waals surface area contributed by atoms with Crippen LogP contribution in [0.25, 0.3) is 5.70 Å². The fraction of sp³-hybridized carbons (Fsp3) is 0.533. The third-order valence-corrected chi connectivity index (χ3v) is 4.43. The zero-order valence-corrected chi connectivity index (χ0v) is 13.9. The normalized spacial score (nSPS) is 21.0. The smallest absolute Gasteiger partial charge is 0.250 e. The van der Waals surface area contributed by atoms with Gasteiger partial charge in [-0.25, -0.2) is 0 Å². The van der Waals surface area contributed by atoms with Crippen molar-refractivity contribution >= 4 is 34.7 Å². The Kier molecular flexibility index (Phi) is 4.79. The summed E-state index contributed by atoms with van der Waals surface area (Å²) in [6.45, 7) is 2.24. The van der Waals surface area contributed by atoms with Crippen molar-refractivity contribution in [3.63, 3.8) is 0 Å². The number of anilines is 2. The van der Waals surface area contributed by atoms with Gasteiger partial charge in [0.15, 0.2) is 0 Å². The van der Waals surface area contributed by atoms with Gasteiger partial charge in [-0.15, -0.1) is 0 Å². The van der Waals surface area contributed by atoms with E-state index in [1.807, 2.05) is 0 Å². The van der Waals surface area contributed by atoms with Crippen molar-refractivity contribution in [2.75, 3.05) is 44.0 Å². The first kappa shape index (κ1) is 16.2. The molecule has 7 nitrogen and oxygen atoms in total. The van der Waals surface area contributed by atoms with Crippen molar-refractivity contribution < 1.29 is 9.53 Å². The molecule has 0 aromatic carbocycles. The van der Waals surface area contributed by atoms with Crippen molar-refractivity contribution in [2.24, 2.45) is 5.73 Å². The molecular formula is C15H22ClN5O2. The van der Waals surface area contributed by atoms with Gasteiger partial charge in [-0.05, 0) is 12.8 Å². The van der Waals surface area contributed by atoms with Crippen LogP contribution in [0.4, 0.5) is 11.5 Å². The van der Waals surface area contributed by atoms with E-state index in [0.717, 1.165) is 48.0 Å². The Morgan fingerprint density at radius 2 is 2.43 bits per heavy atom. The second kappa shape index (κ2) is 6.82. The number of rotatable bonds is 4. The van der Waals surface area contributed by atoms with Gasteiger partial charge in [0.1, 0.15) is 12.4 Å². The highest BCUT2D eigenvalue weighted by atomic mass is 35.5. The van der Waals surface area contributed by atoms with Crippen LogP contribution in [-0.2, 0) is 9.53 Å². The molecule has 1 saturated heterocycles. The number of fused-ring (bicyclic) bond motifs is 1. The highest BCUT2D eigenvalue weighted by molar-refractivity contribution is 6.33. The molecule has 0 unspecified atom stereocenters. The zero-order chi connectivity index (χ0) is 16.4. The number of carbonyl (C=O) groups is 1. The van der Waals surface area contributed by atoms with E-state index in [0.29, 0.717) is 12.2 Å². The Morgan fingerprint density at radius 3 is 3.17 bits per heavy atom. The maximum Gasteiger partial charge on any atom is 0.250 e. The lowest BCUT2D eigenvalue weighted by Gasteiger charge is -2.37. The minimum atomic E-state index is -0.203. The van der Waals surface area contributed by atoms with Crippen LogP contribution >= 0.6 is 11.6 Å². The molecule has 0 bridgehead atoms. The summed E-state index contributed by atoms with van der Waals surface area (Å²) in [5.74, 6) is 0.655. The van der Waals surface area contributed by atoms with E-state index < -0.39 is 0 Å². The number of ether oxygens (including phenoxy) is 1. The molecule has 2 aliphatic rings. The fourth-order valence-electron chi connectivity index (χ4n) is 3.15. The van der Waals surface area contributed by atoms with Crippen molar-refractivity contribution in [1.82, 2.24) is 9.88 Å². The highest BCUT2D eigenvalue weighted by Gasteiger charge is 2.29. The van der Waals surface area contributed by atoms with Crippen molar-refractivity contribution in [1.29, 1.82) is 0 Å². The maximum atomic E-state index is 11.9. The summed E-state index contributed by atoms with van der Waals surface area (Å²) in [4.78, 5) is 17.2. The number of carbonyl (C=O) groups excluding carboxylic acids is 1. The first-order valence-electron chi connectivity index (χ1n) is 7.73. The number of hydrogen-bond donors (Lipinski definition) is 4. The average molecular weight is 340 g/mol. The third-order valence-electron chi connectivity index (χ3n) is 4.12. The van der Waals surface area contributed by atoms with Crippen molar-refractivity contribution in [3.05, 3.63) is 16.8 Å². The van der Waals surface area contributed by atoms with Crippen LogP contribution in [0, 0.1) is 0 Å². The number of H-pyrrole nitrogens is 1. The van der Waals surface area contributed by atoms with Crippen LogP contribution in [0.1, 0.15) is 18.4 Å². The molecular weight excluding hydrogens is 318 g/mol. The van der Waals surface area contributed by atoms with Crippen molar-refractivity contribution in [3.8, 4) is 0 Å². The number of likely N-dealkylation sites (tertiary alicyclic amines) is 1. The number of nitrogens with one attached hydrogen (secondary N) is 3. The molecule has 0 saturated carbocycles. The molecule has 1 aromatic heterocycles. The molecule has 126 valence electrons. The molecule has 1 amide bonds. The Balaban J connectivity index is 1.92. The average Bonchev–Trinajstić information content (AvgIpc) is 2.90. The molecule has 1 aromatic rings. The molecule has 1 fully saturated rings. The fourth-order valence-corrected chi connectivity index (χ4v) is 3.43. The lowest BCUT2D eigenvalue weighted by molar-refractivity contribution is -0.119. The van der Waals surface area contributed by atoms with Gasteiger partial charge in [-0.1, -0.05) is 11.6 Å². The summed E-state index contributed by atoms with van der Waals surface area (Å²) < 4.78 is 4.87. The van der Waals surface area contributed by atoms with E-state index in [2.05, 4.69) is 20.5 Å². The number of hydrogen-bond acceptors (Lipinski definition) is 5. The van der Waals surface area contributed by atoms with Crippen LogP contribution in [0.2, 0.25) is 0 Å². The Hall–Kier alpha value is -1.70. The number of nitrogens with two attached hydrogens (primary N) is 1. The topological polar surface area (TPSA) is 95.4 Å². The van der Waals surface area contributed by atoms with Crippen LogP contribution in [-0.4, -0.2) is 55.2 Å². The van der Waals surface area contributed by atoms with Crippen LogP contribution in [0.3, 0.4) is 0 Å². The largest absolute Gasteiger partial charge is 0.375 e. The molecule has 0 spiro atoms. The summed E-state index contributed by atoms with van der Waals surface area (Å²) in [5.41, 5.74) is 8.65. The quantitative estimate of drug-likeness (QED) is 0.664. The van der Waals surface area contributed by atoms with Crippen LogP contribution < -0.4 is 16.4 Å². The van der Waals surface area contributed by atoms with E-state index in [9.17, 15) is 4.79 Å². The summed E-state index contributed by atoms with van der Waals surface area (Å²) >= 11 is 6.50. The predicted molar refractivity (Wildman–Crippen MR) is 91.3 cm³/mol. The molecule has 0 aliphatic carbocycles. The molecule has 5 N–H and O–H groups in total. The van der Waals surface area contributed by atoms with Gasteiger partial charge in [-0.2, -0.15) is 0 Å². The predicted octanol–water partition coefficient (Wildman–Crippen LogP) is 1.36. The molecule has 23 heavy (non-hydrogen) atoms. The van der Waals surface area contributed by atoms with Gasteiger partial charge in [0.2, 0.25) is 5.91 Å². The number of methoxy groups -OCH3 is 1. The van der Waals surface area contributed by atoms with Gasteiger partial charge in [0.25, 0.3) is 0 Å². The lowest BCUT2D eigenvalue weighted by Crippen LogP contribution is -2.42. The number of halogens is 1. The molecule has 2 aliphatic heterocycles. The minimum absolute atomic E-state index is 0.00868. The second-order valence-electron chi connectivity index (χ2n) is 5.89. The summed E-state index contributed by atoms with van der Waals surface area (Å²) in [7, 11) is 1.49. The monoisotopic (exact) mass is 339 g/mol. The van der Waals surface area contributed by atoms with Crippen LogP contribution in [0.15, 0.2) is 11.2 Å². The maximum absolute atomic E-state index is 11.9. The Bertz CT molecular complexity index is 627. The summed E-state index contributed by atoms with van der Waals surface area (Å²) in [6, 6.07) is 0.143. The summed E-state index contributed by atoms with van der Waals surface area (Å²) in [6.07, 6.45) is 3.83. The molecule has 1 atom stereocenters. The van der Waals surface area contributed by atoms with Gasteiger partial charge in [-0.3, -0.25) is 4.79 Å². The van der Waals surface area contributed by atoms with E-state index >= 15 is 0 Å². The molecule has 3 rings (SSSR count). The number of nitrogens with zero attached hydrogens (tertiary/aromatic N) is 1. The summed E-state index contributed by atoms with van der Waals surface area (Å²) in [5, 5.41) is 6.83. The van der Waals surface area contributed by atoms with E-state index in [1.165, 1.54) is 7.11 Å². The first-order chi connectivity index (χ1) is 11.1. The zero-order valence-electron chi connectivity index (χ0n) is 13.1. The molecule has 0 radical (unpaired) electrons. The highest BCUT2D eigenvalue weighted by Crippen LogP contribution is 2.40. The van der Waals surface area contributed by atoms with Gasteiger partial charge in [0.05, 0.1) is 28.5 Å². The third kappa shape index (κ3) is 3.31. The Morgan fingerprint density at radius 1 is 1.61 bits per heavy atom. The number of aromatic amines is 1. The van der Waals surface area contributed by atoms with Crippen LogP contribution in [0.5, 0.6) is 0 Å². The number of aromatic nitrogens is 1. The second-order valence-corrected chi connectivity index (χ2v) is 6.35. The van der Waals surface area contributed by atoms with Crippen molar-refractivity contribution in [2.45, 2.75) is 18.9 Å². The van der Waals surface area contributed by atoms with Gasteiger partial charge >= 0.3 is 0 Å². The minimum Gasteiger partial charge on any atom is -0.375 e. The van der Waals surface area contributed by atoms with Gasteiger partial charge < -0.3 is 31.0 Å². The SMILES string of the molecule is COCC(=O)Nc1c[nH]c2c1C(N1CCC[C@@H](N)C1)=C(Cl)CN2. The lowest BCUT2D eigenvalue weighted by atomic mass is 10.0.